The normalized spacial score (nSPS) is 19.3. The summed E-state index contributed by atoms with van der Waals surface area (Å²) in [5, 5.41) is 12.0. The van der Waals surface area contributed by atoms with Gasteiger partial charge in [-0.1, -0.05) is 64.7 Å². The Labute approximate surface area is 115 Å². The number of hydrogen-bond donors (Lipinski definition) is 0. The van der Waals surface area contributed by atoms with Crippen molar-refractivity contribution < 1.29 is 22.1 Å². The van der Waals surface area contributed by atoms with Crippen molar-refractivity contribution in [3.8, 4) is 0 Å². The summed E-state index contributed by atoms with van der Waals surface area (Å²) >= 11 is 0. The Morgan fingerprint density at radius 3 is 2.14 bits per heavy atom. The first kappa shape index (κ1) is 17.6. The van der Waals surface area contributed by atoms with Crippen LogP contribution in [0.15, 0.2) is 0 Å². The van der Waals surface area contributed by atoms with Gasteiger partial charge in [-0.15, -0.1) is 5.60 Å². The molecule has 1 aliphatic rings. The van der Waals surface area contributed by atoms with Gasteiger partial charge >= 0.3 is 23.1 Å². The van der Waals surface area contributed by atoms with Crippen LogP contribution in [0.4, 0.5) is 0 Å². The van der Waals surface area contributed by atoms with E-state index < -0.39 is 5.60 Å². The Bertz CT molecular complexity index is 124. The van der Waals surface area contributed by atoms with Gasteiger partial charge in [-0.25, -0.2) is 0 Å². The van der Waals surface area contributed by atoms with Crippen LogP contribution in [0, 0.1) is 0 Å². The van der Waals surface area contributed by atoms with Crippen molar-refractivity contribution in [1.29, 1.82) is 0 Å². The predicted molar refractivity (Wildman–Crippen MR) is 55.7 cm³/mol. The molecule has 80 valence electrons. The molecule has 0 N–H and O–H groups in total. The van der Waals surface area contributed by atoms with Crippen molar-refractivity contribution in [3.63, 3.8) is 0 Å². The molecule has 1 fully saturated rings. The molecule has 0 unspecified atom stereocenters. The largest absolute Gasteiger partial charge is 2.00 e. The van der Waals surface area contributed by atoms with Crippen LogP contribution < -0.4 is 22.1 Å². The Balaban J connectivity index is 0. The van der Waals surface area contributed by atoms with Gasteiger partial charge in [0, 0.05) is 0 Å². The molecule has 0 aromatic carbocycles. The zero-order valence-corrected chi connectivity index (χ0v) is 12.4. The van der Waals surface area contributed by atoms with Crippen molar-refractivity contribution in [2.45, 2.75) is 70.3 Å². The molecular formula is C11H21BrMgO. The second-order valence-corrected chi connectivity index (χ2v) is 4.20. The van der Waals surface area contributed by atoms with Gasteiger partial charge in [0.2, 0.25) is 0 Å². The average Bonchev–Trinajstić information content (AvgIpc) is 2.06. The van der Waals surface area contributed by atoms with E-state index >= 15 is 0 Å². The first-order chi connectivity index (χ1) is 5.77. The number of unbranched alkanes of at least 4 members (excludes halogenated alkanes) is 2. The molecule has 14 heavy (non-hydrogen) atoms. The first-order valence-electron chi connectivity index (χ1n) is 5.47. The van der Waals surface area contributed by atoms with Gasteiger partial charge in [-0.2, -0.15) is 0 Å². The van der Waals surface area contributed by atoms with Gasteiger partial charge in [0.05, 0.1) is 0 Å². The number of halogens is 1. The standard InChI is InChI=1S/C11H21O.BrH.Mg/c1-2-3-5-8-11(12)9-6-4-7-10-11;;/h2-10H2,1H3;1H;/q-1;;+2/p-1. The molecule has 1 rings (SSSR count). The van der Waals surface area contributed by atoms with Crippen LogP contribution in [-0.4, -0.2) is 28.7 Å². The number of rotatable bonds is 4. The maximum Gasteiger partial charge on any atom is 2.00 e. The third-order valence-electron chi connectivity index (χ3n) is 3.00. The predicted octanol–water partition coefficient (Wildman–Crippen LogP) is -0.747. The van der Waals surface area contributed by atoms with E-state index in [0.29, 0.717) is 0 Å². The van der Waals surface area contributed by atoms with Crippen molar-refractivity contribution >= 4 is 23.1 Å². The Hall–Kier alpha value is 1.21. The average molecular weight is 273 g/mol. The van der Waals surface area contributed by atoms with Crippen LogP contribution in [0.3, 0.4) is 0 Å². The van der Waals surface area contributed by atoms with Crippen LogP contribution in [0.5, 0.6) is 0 Å². The summed E-state index contributed by atoms with van der Waals surface area (Å²) in [6.45, 7) is 2.19. The van der Waals surface area contributed by atoms with Crippen molar-refractivity contribution in [1.82, 2.24) is 0 Å². The van der Waals surface area contributed by atoms with E-state index in [1.807, 2.05) is 0 Å². The summed E-state index contributed by atoms with van der Waals surface area (Å²) in [5.41, 5.74) is -0.520. The molecule has 0 saturated heterocycles. The summed E-state index contributed by atoms with van der Waals surface area (Å²) in [7, 11) is 0. The van der Waals surface area contributed by atoms with E-state index in [1.165, 1.54) is 32.1 Å². The molecule has 1 aliphatic carbocycles. The van der Waals surface area contributed by atoms with Gasteiger partial charge in [0.15, 0.2) is 0 Å². The van der Waals surface area contributed by atoms with Crippen LogP contribution in [0.1, 0.15) is 64.7 Å². The van der Waals surface area contributed by atoms with E-state index in [9.17, 15) is 5.11 Å². The molecule has 0 aromatic heterocycles. The van der Waals surface area contributed by atoms with Crippen LogP contribution >= 0.6 is 0 Å². The van der Waals surface area contributed by atoms with E-state index in [2.05, 4.69) is 6.92 Å². The minimum atomic E-state index is -0.520. The van der Waals surface area contributed by atoms with Crippen LogP contribution in [0.2, 0.25) is 0 Å². The third-order valence-corrected chi connectivity index (χ3v) is 3.00. The summed E-state index contributed by atoms with van der Waals surface area (Å²) in [6.07, 6.45) is 10.1. The summed E-state index contributed by atoms with van der Waals surface area (Å²) in [5.74, 6) is 0. The van der Waals surface area contributed by atoms with E-state index in [-0.39, 0.29) is 40.0 Å². The van der Waals surface area contributed by atoms with Gasteiger partial charge in [-0.3, -0.25) is 0 Å². The van der Waals surface area contributed by atoms with Crippen LogP contribution in [-0.2, 0) is 0 Å². The molecule has 1 nitrogen and oxygen atoms in total. The minimum Gasteiger partial charge on any atom is -1.00 e. The molecule has 3 heteroatoms. The van der Waals surface area contributed by atoms with Gasteiger partial charge < -0.3 is 22.1 Å². The maximum absolute atomic E-state index is 12.0. The van der Waals surface area contributed by atoms with Crippen LogP contribution in [0.25, 0.3) is 0 Å². The van der Waals surface area contributed by atoms with Crippen molar-refractivity contribution in [2.24, 2.45) is 0 Å². The summed E-state index contributed by atoms with van der Waals surface area (Å²) in [4.78, 5) is 0. The first-order valence-corrected chi connectivity index (χ1v) is 5.47. The Kier molecular flexibility index (Phi) is 11.9. The van der Waals surface area contributed by atoms with E-state index in [0.717, 1.165) is 25.7 Å². The quantitative estimate of drug-likeness (QED) is 0.488. The fourth-order valence-corrected chi connectivity index (χ4v) is 2.14. The topological polar surface area (TPSA) is 23.1 Å². The molecule has 0 bridgehead atoms. The molecular weight excluding hydrogens is 252 g/mol. The van der Waals surface area contributed by atoms with Gasteiger partial charge in [0.25, 0.3) is 0 Å². The molecule has 0 spiro atoms. The van der Waals surface area contributed by atoms with Crippen molar-refractivity contribution in [3.05, 3.63) is 0 Å². The smallest absolute Gasteiger partial charge is 1.00 e. The minimum absolute atomic E-state index is 0. The van der Waals surface area contributed by atoms with Gasteiger partial charge in [0.1, 0.15) is 0 Å². The Morgan fingerprint density at radius 2 is 1.64 bits per heavy atom. The molecule has 0 radical (unpaired) electrons. The summed E-state index contributed by atoms with van der Waals surface area (Å²) < 4.78 is 0. The maximum atomic E-state index is 12.0. The number of hydrogen-bond acceptors (Lipinski definition) is 1. The SMILES string of the molecule is CCCCCC1([O-])CCCCC1.[Br-].[Mg+2]. The molecule has 0 atom stereocenters. The van der Waals surface area contributed by atoms with E-state index in [4.69, 9.17) is 0 Å². The molecule has 0 aromatic rings. The zero-order valence-electron chi connectivity index (χ0n) is 9.36. The van der Waals surface area contributed by atoms with Gasteiger partial charge in [-0.05, 0) is 0 Å². The monoisotopic (exact) mass is 272 g/mol. The van der Waals surface area contributed by atoms with Crippen molar-refractivity contribution in [2.75, 3.05) is 0 Å². The molecule has 0 heterocycles. The Morgan fingerprint density at radius 1 is 1.07 bits per heavy atom. The second-order valence-electron chi connectivity index (χ2n) is 4.20. The summed E-state index contributed by atoms with van der Waals surface area (Å²) in [6, 6.07) is 0. The fraction of sp³-hybridized carbons (Fsp3) is 1.00. The fourth-order valence-electron chi connectivity index (χ4n) is 2.14. The molecule has 0 amide bonds. The third kappa shape index (κ3) is 6.65. The van der Waals surface area contributed by atoms with E-state index in [1.54, 1.807) is 0 Å². The molecule has 0 aliphatic heterocycles. The molecule has 1 saturated carbocycles. The second kappa shape index (κ2) is 9.43. The zero-order chi connectivity index (χ0) is 8.86.